The van der Waals surface area contributed by atoms with Gasteiger partial charge in [-0.25, -0.2) is 4.79 Å². The molecule has 0 radical (unpaired) electrons. The van der Waals surface area contributed by atoms with Crippen LogP contribution in [0.5, 0.6) is 0 Å². The zero-order valence-corrected chi connectivity index (χ0v) is 14.6. The zero-order chi connectivity index (χ0) is 17.5. The molecular weight excluding hydrogens is 314 g/mol. The normalized spacial score (nSPS) is 17.2. The molecule has 1 unspecified atom stereocenters. The smallest absolute Gasteiger partial charge is 0.327 e. The van der Waals surface area contributed by atoms with Crippen LogP contribution in [0.4, 0.5) is 0 Å². The number of carbonyl (C=O) groups excluding carboxylic acids is 1. The summed E-state index contributed by atoms with van der Waals surface area (Å²) in [6.45, 7) is 2.88. The van der Waals surface area contributed by atoms with Crippen molar-refractivity contribution in [3.05, 3.63) is 66.0 Å². The number of nitrogens with one attached hydrogen (secondary N) is 1. The van der Waals surface area contributed by atoms with Crippen molar-refractivity contribution in [1.29, 1.82) is 0 Å². The van der Waals surface area contributed by atoms with Crippen LogP contribution in [0.3, 0.4) is 0 Å². The molecule has 5 nitrogen and oxygen atoms in total. The molecule has 0 aliphatic carbocycles. The van der Waals surface area contributed by atoms with E-state index in [0.717, 1.165) is 43.7 Å². The topological polar surface area (TPSA) is 54.5 Å². The summed E-state index contributed by atoms with van der Waals surface area (Å²) in [5, 5.41) is 3.49. The lowest BCUT2D eigenvalue weighted by molar-refractivity contribution is -0.143. The van der Waals surface area contributed by atoms with Crippen LogP contribution in [-0.4, -0.2) is 42.1 Å². The zero-order valence-electron chi connectivity index (χ0n) is 14.6. The van der Waals surface area contributed by atoms with Gasteiger partial charge in [-0.2, -0.15) is 0 Å². The second-order valence-electron chi connectivity index (χ2n) is 6.41. The number of esters is 1. The summed E-state index contributed by atoms with van der Waals surface area (Å²) in [6.07, 6.45) is 3.85. The van der Waals surface area contributed by atoms with Crippen molar-refractivity contribution in [2.75, 3.05) is 20.2 Å². The van der Waals surface area contributed by atoms with Gasteiger partial charge < -0.3 is 4.74 Å². The number of ether oxygens (including phenoxy) is 1. The van der Waals surface area contributed by atoms with Crippen molar-refractivity contribution in [1.82, 2.24) is 15.2 Å². The number of nitrogens with zero attached hydrogens (tertiary/aromatic N) is 2. The third-order valence-corrected chi connectivity index (χ3v) is 4.67. The van der Waals surface area contributed by atoms with Crippen molar-refractivity contribution in [3.8, 4) is 0 Å². The Bertz CT molecular complexity index is 655. The molecule has 0 amide bonds. The monoisotopic (exact) mass is 339 g/mol. The maximum atomic E-state index is 12.2. The van der Waals surface area contributed by atoms with E-state index < -0.39 is 6.04 Å². The molecule has 0 bridgehead atoms. The molecule has 1 atom stereocenters. The highest BCUT2D eigenvalue weighted by atomic mass is 16.5. The Morgan fingerprint density at radius 3 is 2.56 bits per heavy atom. The predicted molar refractivity (Wildman–Crippen MR) is 96.9 cm³/mol. The van der Waals surface area contributed by atoms with Gasteiger partial charge >= 0.3 is 5.97 Å². The summed E-state index contributed by atoms with van der Waals surface area (Å²) < 4.78 is 4.99. The Morgan fingerprint density at radius 2 is 1.92 bits per heavy atom. The van der Waals surface area contributed by atoms with Crippen molar-refractivity contribution in [3.63, 3.8) is 0 Å². The highest BCUT2D eigenvalue weighted by Crippen LogP contribution is 2.19. The van der Waals surface area contributed by atoms with Crippen molar-refractivity contribution < 1.29 is 9.53 Å². The minimum absolute atomic E-state index is 0.234. The molecule has 2 aromatic rings. The fourth-order valence-corrected chi connectivity index (χ4v) is 3.28. The van der Waals surface area contributed by atoms with Gasteiger partial charge in [0.1, 0.15) is 6.04 Å². The molecule has 1 aliphatic rings. The van der Waals surface area contributed by atoms with Crippen LogP contribution in [-0.2, 0) is 16.1 Å². The highest BCUT2D eigenvalue weighted by molar-refractivity contribution is 5.77. The Kier molecular flexibility index (Phi) is 6.14. The fourth-order valence-electron chi connectivity index (χ4n) is 3.28. The number of methoxy groups -OCH3 is 1. The van der Waals surface area contributed by atoms with Crippen LogP contribution < -0.4 is 5.32 Å². The maximum absolute atomic E-state index is 12.2. The van der Waals surface area contributed by atoms with E-state index in [0.29, 0.717) is 6.04 Å². The minimum Gasteiger partial charge on any atom is -0.468 e. The first-order chi connectivity index (χ1) is 12.3. The summed E-state index contributed by atoms with van der Waals surface area (Å²) in [6, 6.07) is 15.7. The number of hydrogen-bond donors (Lipinski definition) is 1. The van der Waals surface area contributed by atoms with Gasteiger partial charge in [0.25, 0.3) is 0 Å². The van der Waals surface area contributed by atoms with Crippen molar-refractivity contribution in [2.45, 2.75) is 31.5 Å². The minimum atomic E-state index is -0.404. The number of hydrogen-bond acceptors (Lipinski definition) is 5. The lowest BCUT2D eigenvalue weighted by atomic mass is 10.0. The molecule has 1 aliphatic heterocycles. The Balaban J connectivity index is 1.55. The number of pyridine rings is 1. The molecule has 1 saturated heterocycles. The summed E-state index contributed by atoms with van der Waals surface area (Å²) in [5.41, 5.74) is 2.05. The predicted octanol–water partition coefficient (Wildman–Crippen LogP) is 2.55. The van der Waals surface area contributed by atoms with Crippen molar-refractivity contribution >= 4 is 5.97 Å². The summed E-state index contributed by atoms with van der Waals surface area (Å²) in [7, 11) is 1.44. The Morgan fingerprint density at radius 1 is 1.20 bits per heavy atom. The van der Waals surface area contributed by atoms with Gasteiger partial charge in [-0.3, -0.25) is 15.2 Å². The van der Waals surface area contributed by atoms with E-state index in [4.69, 9.17) is 4.74 Å². The maximum Gasteiger partial charge on any atom is 0.327 e. The molecular formula is C20H25N3O2. The summed E-state index contributed by atoms with van der Waals surface area (Å²) >= 11 is 0. The third-order valence-electron chi connectivity index (χ3n) is 4.67. The van der Waals surface area contributed by atoms with Gasteiger partial charge in [0.15, 0.2) is 0 Å². The summed E-state index contributed by atoms with van der Waals surface area (Å²) in [5.74, 6) is -0.234. The average Bonchev–Trinajstić information content (AvgIpc) is 2.68. The first-order valence-electron chi connectivity index (χ1n) is 8.77. The standard InChI is InChI=1S/C20H25N3O2/c1-25-20(24)19(16-7-3-2-4-8-16)22-17-10-13-23(14-11-17)15-18-9-5-6-12-21-18/h2-9,12,17,19,22H,10-11,13-15H2,1H3. The van der Waals surface area contributed by atoms with Gasteiger partial charge in [0, 0.05) is 31.9 Å². The second kappa shape index (κ2) is 8.74. The molecule has 25 heavy (non-hydrogen) atoms. The van der Waals surface area contributed by atoms with E-state index >= 15 is 0 Å². The van der Waals surface area contributed by atoms with Crippen LogP contribution in [0.25, 0.3) is 0 Å². The molecule has 0 saturated carbocycles. The van der Waals surface area contributed by atoms with Gasteiger partial charge in [-0.05, 0) is 30.5 Å². The van der Waals surface area contributed by atoms with Crippen LogP contribution in [0.2, 0.25) is 0 Å². The van der Waals surface area contributed by atoms with Crippen LogP contribution in [0.1, 0.15) is 30.1 Å². The number of aromatic nitrogens is 1. The van der Waals surface area contributed by atoms with Gasteiger partial charge in [-0.15, -0.1) is 0 Å². The fraction of sp³-hybridized carbons (Fsp3) is 0.400. The number of rotatable bonds is 6. The van der Waals surface area contributed by atoms with Crippen LogP contribution >= 0.6 is 0 Å². The number of piperidine rings is 1. The quantitative estimate of drug-likeness (QED) is 0.820. The van der Waals surface area contributed by atoms with E-state index in [1.54, 1.807) is 0 Å². The molecule has 1 fully saturated rings. The van der Waals surface area contributed by atoms with E-state index in [1.807, 2.05) is 48.7 Å². The van der Waals surface area contributed by atoms with E-state index in [1.165, 1.54) is 7.11 Å². The Labute approximate surface area is 149 Å². The van der Waals surface area contributed by atoms with E-state index in [9.17, 15) is 4.79 Å². The van der Waals surface area contributed by atoms with Crippen molar-refractivity contribution in [2.24, 2.45) is 0 Å². The second-order valence-corrected chi connectivity index (χ2v) is 6.41. The van der Waals surface area contributed by atoms with Crippen LogP contribution in [0.15, 0.2) is 54.7 Å². The number of likely N-dealkylation sites (tertiary alicyclic amines) is 1. The molecule has 0 spiro atoms. The first kappa shape index (κ1) is 17.6. The molecule has 132 valence electrons. The first-order valence-corrected chi connectivity index (χ1v) is 8.77. The molecule has 2 heterocycles. The molecule has 5 heteroatoms. The number of benzene rings is 1. The molecule has 1 aromatic heterocycles. The average molecular weight is 339 g/mol. The largest absolute Gasteiger partial charge is 0.468 e. The Hall–Kier alpha value is -2.24. The summed E-state index contributed by atoms with van der Waals surface area (Å²) in [4.78, 5) is 19.0. The molecule has 3 rings (SSSR count). The van der Waals surface area contributed by atoms with Gasteiger partial charge in [0.05, 0.1) is 12.8 Å². The molecule has 1 aromatic carbocycles. The van der Waals surface area contributed by atoms with E-state index in [2.05, 4.69) is 21.3 Å². The third kappa shape index (κ3) is 4.87. The lowest BCUT2D eigenvalue weighted by Gasteiger charge is -2.34. The van der Waals surface area contributed by atoms with Gasteiger partial charge in [-0.1, -0.05) is 36.4 Å². The number of carbonyl (C=O) groups is 1. The highest BCUT2D eigenvalue weighted by Gasteiger charge is 2.27. The van der Waals surface area contributed by atoms with Crippen LogP contribution in [0, 0.1) is 0 Å². The molecule has 1 N–H and O–H groups in total. The SMILES string of the molecule is COC(=O)C(NC1CCN(Cc2ccccn2)CC1)c1ccccc1. The lowest BCUT2D eigenvalue weighted by Crippen LogP contribution is -2.45. The van der Waals surface area contributed by atoms with E-state index in [-0.39, 0.29) is 5.97 Å². The van der Waals surface area contributed by atoms with Gasteiger partial charge in [0.2, 0.25) is 0 Å².